The quantitative estimate of drug-likeness (QED) is 0.677. The normalized spacial score (nSPS) is 17.7. The van der Waals surface area contributed by atoms with Crippen LogP contribution in [-0.2, 0) is 14.6 Å². The summed E-state index contributed by atoms with van der Waals surface area (Å²) in [5.74, 6) is -0.285. The average molecular weight is 435 g/mol. The minimum Gasteiger partial charge on any atom is -0.376 e. The Morgan fingerprint density at radius 2 is 1.90 bits per heavy atom. The number of benzene rings is 2. The van der Waals surface area contributed by atoms with Crippen LogP contribution in [0.4, 0.5) is 5.69 Å². The van der Waals surface area contributed by atoms with E-state index in [0.717, 1.165) is 0 Å². The molecule has 8 heteroatoms. The molecule has 1 aliphatic heterocycles. The second kappa shape index (κ2) is 8.97. The summed E-state index contributed by atoms with van der Waals surface area (Å²) in [5.41, 5.74) is 1.41. The van der Waals surface area contributed by atoms with E-state index in [9.17, 15) is 18.0 Å². The molecule has 1 amide bonds. The Morgan fingerprint density at radius 3 is 2.52 bits per heavy atom. The zero-order valence-corrected chi connectivity index (χ0v) is 17.7. The van der Waals surface area contributed by atoms with Crippen molar-refractivity contribution in [2.24, 2.45) is 0 Å². The van der Waals surface area contributed by atoms with Crippen molar-refractivity contribution < 1.29 is 18.0 Å². The number of halogens is 1. The maximum absolute atomic E-state index is 12.9. The van der Waals surface area contributed by atoms with Crippen LogP contribution in [0.5, 0.6) is 0 Å². The number of carbonyl (C=O) groups is 2. The topological polar surface area (TPSA) is 83.6 Å². The Morgan fingerprint density at radius 1 is 1.17 bits per heavy atom. The molecule has 0 radical (unpaired) electrons. The molecule has 0 saturated carbocycles. The molecule has 0 aromatic heterocycles. The van der Waals surface area contributed by atoms with Crippen LogP contribution in [0, 0.1) is 0 Å². The van der Waals surface area contributed by atoms with Gasteiger partial charge in [-0.1, -0.05) is 41.9 Å². The van der Waals surface area contributed by atoms with E-state index in [1.165, 1.54) is 0 Å². The molecule has 2 aromatic carbocycles. The molecule has 0 aliphatic carbocycles. The van der Waals surface area contributed by atoms with Crippen molar-refractivity contribution in [2.75, 3.05) is 29.9 Å². The summed E-state index contributed by atoms with van der Waals surface area (Å²) in [6.07, 6.45) is 0.459. The fraction of sp³-hybridized carbons (Fsp3) is 0.333. The minimum atomic E-state index is -3.08. The van der Waals surface area contributed by atoms with Crippen LogP contribution in [0.15, 0.2) is 48.5 Å². The van der Waals surface area contributed by atoms with Gasteiger partial charge in [-0.25, -0.2) is 8.42 Å². The molecule has 0 spiro atoms. The van der Waals surface area contributed by atoms with Gasteiger partial charge in [0.2, 0.25) is 5.91 Å². The summed E-state index contributed by atoms with van der Waals surface area (Å²) in [7, 11) is -3.08. The van der Waals surface area contributed by atoms with E-state index < -0.39 is 9.84 Å². The van der Waals surface area contributed by atoms with E-state index in [1.807, 2.05) is 13.0 Å². The molecule has 3 rings (SSSR count). The smallest absolute Gasteiger partial charge is 0.242 e. The van der Waals surface area contributed by atoms with Crippen molar-refractivity contribution in [2.45, 2.75) is 19.4 Å². The lowest BCUT2D eigenvalue weighted by Crippen LogP contribution is -2.43. The first kappa shape index (κ1) is 21.3. The van der Waals surface area contributed by atoms with Gasteiger partial charge in [-0.05, 0) is 31.5 Å². The lowest BCUT2D eigenvalue weighted by Gasteiger charge is -2.27. The van der Waals surface area contributed by atoms with Crippen molar-refractivity contribution in [3.8, 4) is 0 Å². The van der Waals surface area contributed by atoms with Crippen LogP contribution in [-0.4, -0.2) is 55.6 Å². The predicted molar refractivity (Wildman–Crippen MR) is 114 cm³/mol. The van der Waals surface area contributed by atoms with Crippen LogP contribution in [0.1, 0.15) is 29.3 Å². The summed E-state index contributed by atoms with van der Waals surface area (Å²) in [4.78, 5) is 27.2. The van der Waals surface area contributed by atoms with Crippen LogP contribution in [0.3, 0.4) is 0 Å². The number of anilines is 1. The Kier molecular flexibility index (Phi) is 6.59. The lowest BCUT2D eigenvalue weighted by atomic mass is 10.0. The van der Waals surface area contributed by atoms with Gasteiger partial charge in [0.1, 0.15) is 0 Å². The predicted octanol–water partition coefficient (Wildman–Crippen LogP) is 3.02. The molecular weight excluding hydrogens is 412 g/mol. The number of hydrogen-bond donors (Lipinski definition) is 1. The van der Waals surface area contributed by atoms with Crippen molar-refractivity contribution in [3.63, 3.8) is 0 Å². The third-order valence-corrected chi connectivity index (χ3v) is 6.99. The summed E-state index contributed by atoms with van der Waals surface area (Å²) in [6, 6.07) is 13.4. The second-order valence-electron chi connectivity index (χ2n) is 6.98. The van der Waals surface area contributed by atoms with Crippen LogP contribution in [0.25, 0.3) is 0 Å². The van der Waals surface area contributed by atoms with Crippen LogP contribution < -0.4 is 5.32 Å². The molecule has 0 bridgehead atoms. The first-order chi connectivity index (χ1) is 13.8. The number of ketones is 1. The first-order valence-electron chi connectivity index (χ1n) is 9.44. The fourth-order valence-electron chi connectivity index (χ4n) is 3.54. The van der Waals surface area contributed by atoms with Crippen LogP contribution in [0.2, 0.25) is 5.02 Å². The maximum Gasteiger partial charge on any atom is 0.242 e. The summed E-state index contributed by atoms with van der Waals surface area (Å²) < 4.78 is 23.5. The molecule has 1 saturated heterocycles. The van der Waals surface area contributed by atoms with E-state index in [4.69, 9.17) is 11.6 Å². The Balaban J connectivity index is 1.75. The van der Waals surface area contributed by atoms with E-state index >= 15 is 0 Å². The number of amides is 1. The molecule has 1 aliphatic rings. The molecule has 6 nitrogen and oxygen atoms in total. The van der Waals surface area contributed by atoms with E-state index in [2.05, 4.69) is 5.32 Å². The Hall–Kier alpha value is -2.38. The van der Waals surface area contributed by atoms with Crippen molar-refractivity contribution in [1.82, 2.24) is 4.90 Å². The van der Waals surface area contributed by atoms with Gasteiger partial charge >= 0.3 is 0 Å². The number of nitrogens with zero attached hydrogens (tertiary/aromatic N) is 1. The number of sulfone groups is 1. The van der Waals surface area contributed by atoms with Crippen LogP contribution >= 0.6 is 11.6 Å². The van der Waals surface area contributed by atoms with Gasteiger partial charge < -0.3 is 10.2 Å². The monoisotopic (exact) mass is 434 g/mol. The van der Waals surface area contributed by atoms with Gasteiger partial charge in [0.05, 0.1) is 18.1 Å². The maximum atomic E-state index is 12.9. The fourth-order valence-corrected chi connectivity index (χ4v) is 5.44. The summed E-state index contributed by atoms with van der Waals surface area (Å²) in [5, 5.41) is 3.45. The van der Waals surface area contributed by atoms with Gasteiger partial charge in [0, 0.05) is 34.4 Å². The number of likely N-dealkylation sites (N-methyl/N-ethyl adjacent to an activating group) is 1. The van der Waals surface area contributed by atoms with Gasteiger partial charge in [-0.15, -0.1) is 0 Å². The zero-order chi connectivity index (χ0) is 21.0. The highest BCUT2D eigenvalue weighted by Gasteiger charge is 2.33. The van der Waals surface area contributed by atoms with Gasteiger partial charge in [-0.2, -0.15) is 0 Å². The number of nitrogens with one attached hydrogen (secondary N) is 1. The standard InChI is InChI=1S/C21H23ClN2O4S/c1-2-24(17-10-11-29(27,28)14-17)20(25)13-23-19-9-8-16(22)12-18(19)21(26)15-6-4-3-5-7-15/h3-9,12,17,23H,2,10-11,13-14H2,1H3. The highest BCUT2D eigenvalue weighted by Crippen LogP contribution is 2.24. The molecule has 1 N–H and O–H groups in total. The number of hydrogen-bond acceptors (Lipinski definition) is 5. The zero-order valence-electron chi connectivity index (χ0n) is 16.1. The minimum absolute atomic E-state index is 0.00523. The average Bonchev–Trinajstić information content (AvgIpc) is 3.07. The Bertz CT molecular complexity index is 1010. The number of carbonyl (C=O) groups excluding carboxylic acids is 2. The third kappa shape index (κ3) is 5.16. The van der Waals surface area contributed by atoms with Crippen molar-refractivity contribution >= 4 is 38.8 Å². The van der Waals surface area contributed by atoms with Gasteiger partial charge in [-0.3, -0.25) is 9.59 Å². The van der Waals surface area contributed by atoms with Crippen molar-refractivity contribution in [1.29, 1.82) is 0 Å². The van der Waals surface area contributed by atoms with Gasteiger partial charge in [0.25, 0.3) is 0 Å². The summed E-state index contributed by atoms with van der Waals surface area (Å²) >= 11 is 6.08. The third-order valence-electron chi connectivity index (χ3n) is 5.00. The molecule has 1 atom stereocenters. The lowest BCUT2D eigenvalue weighted by molar-refractivity contribution is -0.130. The number of rotatable bonds is 7. The van der Waals surface area contributed by atoms with Gasteiger partial charge in [0.15, 0.2) is 15.6 Å². The SMILES string of the molecule is CCN(C(=O)CNc1ccc(Cl)cc1C(=O)c1ccccc1)C1CCS(=O)(=O)C1. The molecule has 154 valence electrons. The second-order valence-corrected chi connectivity index (χ2v) is 9.64. The molecule has 29 heavy (non-hydrogen) atoms. The molecule has 2 aromatic rings. The van der Waals surface area contributed by atoms with E-state index in [0.29, 0.717) is 34.8 Å². The molecule has 1 heterocycles. The summed E-state index contributed by atoms with van der Waals surface area (Å²) in [6.45, 7) is 2.22. The molecular formula is C21H23ClN2O4S. The Labute approximate surface area is 175 Å². The highest BCUT2D eigenvalue weighted by molar-refractivity contribution is 7.91. The molecule has 1 unspecified atom stereocenters. The largest absolute Gasteiger partial charge is 0.376 e. The highest BCUT2D eigenvalue weighted by atomic mass is 35.5. The van der Waals surface area contributed by atoms with E-state index in [1.54, 1.807) is 47.4 Å². The van der Waals surface area contributed by atoms with Crippen molar-refractivity contribution in [3.05, 3.63) is 64.7 Å². The van der Waals surface area contributed by atoms with E-state index in [-0.39, 0.29) is 35.8 Å². The molecule has 1 fully saturated rings. The first-order valence-corrected chi connectivity index (χ1v) is 11.6.